The fourth-order valence-corrected chi connectivity index (χ4v) is 3.82. The van der Waals surface area contributed by atoms with Crippen LogP contribution in [0.5, 0.6) is 0 Å². The molecule has 3 atom stereocenters. The molecule has 0 bridgehead atoms. The van der Waals surface area contributed by atoms with E-state index in [1.807, 2.05) is 19.9 Å². The average molecular weight is 309 g/mol. The standard InChI is InChI=1S/C16H23NO3S/c1-4-10(3)14(16(19)20)17-15(18)13-8-11-7-9(2)5-6-12(11)21-13/h8-10,14H,4-7H2,1-3H3,(H,17,18)(H,19,20). The number of hydrogen-bond donors (Lipinski definition) is 2. The molecule has 0 spiro atoms. The second-order valence-electron chi connectivity index (χ2n) is 6.08. The van der Waals surface area contributed by atoms with Gasteiger partial charge in [0.15, 0.2) is 0 Å². The minimum atomic E-state index is -0.965. The Hall–Kier alpha value is -1.36. The molecule has 1 amide bonds. The number of fused-ring (bicyclic) bond motifs is 1. The highest BCUT2D eigenvalue weighted by Gasteiger charge is 2.27. The van der Waals surface area contributed by atoms with Gasteiger partial charge in [-0.2, -0.15) is 0 Å². The van der Waals surface area contributed by atoms with E-state index in [1.165, 1.54) is 28.2 Å². The minimum Gasteiger partial charge on any atom is -0.480 e. The first-order valence-corrected chi connectivity index (χ1v) is 8.39. The Morgan fingerprint density at radius 2 is 2.24 bits per heavy atom. The molecular weight excluding hydrogens is 286 g/mol. The van der Waals surface area contributed by atoms with Crippen molar-refractivity contribution in [2.75, 3.05) is 0 Å². The number of aryl methyl sites for hydroxylation is 1. The summed E-state index contributed by atoms with van der Waals surface area (Å²) < 4.78 is 0. The summed E-state index contributed by atoms with van der Waals surface area (Å²) in [6.45, 7) is 6.00. The molecule has 1 aromatic rings. The number of nitrogens with one attached hydrogen (secondary N) is 1. The molecule has 0 aromatic carbocycles. The zero-order chi connectivity index (χ0) is 15.6. The Morgan fingerprint density at radius 3 is 2.86 bits per heavy atom. The summed E-state index contributed by atoms with van der Waals surface area (Å²) >= 11 is 1.51. The molecule has 3 unspecified atom stereocenters. The highest BCUT2D eigenvalue weighted by atomic mass is 32.1. The summed E-state index contributed by atoms with van der Waals surface area (Å²) in [7, 11) is 0. The first-order chi connectivity index (χ1) is 9.92. The van der Waals surface area contributed by atoms with Gasteiger partial charge in [-0.25, -0.2) is 4.79 Å². The van der Waals surface area contributed by atoms with E-state index in [0.29, 0.717) is 10.8 Å². The molecule has 116 valence electrons. The van der Waals surface area contributed by atoms with Gasteiger partial charge in [0.25, 0.3) is 5.91 Å². The maximum absolute atomic E-state index is 12.3. The van der Waals surface area contributed by atoms with Crippen molar-refractivity contribution in [3.05, 3.63) is 21.4 Å². The molecule has 1 aromatic heterocycles. The quantitative estimate of drug-likeness (QED) is 0.878. The lowest BCUT2D eigenvalue weighted by atomic mass is 9.90. The lowest BCUT2D eigenvalue weighted by Crippen LogP contribution is -2.44. The summed E-state index contributed by atoms with van der Waals surface area (Å²) in [6, 6.07) is 1.13. The number of carboxylic acid groups (broad SMARTS) is 1. The van der Waals surface area contributed by atoms with Gasteiger partial charge in [-0.3, -0.25) is 4.79 Å². The molecule has 1 aliphatic rings. The fraction of sp³-hybridized carbons (Fsp3) is 0.625. The van der Waals surface area contributed by atoms with Crippen LogP contribution >= 0.6 is 11.3 Å². The van der Waals surface area contributed by atoms with Gasteiger partial charge in [-0.1, -0.05) is 27.2 Å². The molecule has 0 radical (unpaired) electrons. The summed E-state index contributed by atoms with van der Waals surface area (Å²) in [5.74, 6) is -0.640. The van der Waals surface area contributed by atoms with Crippen LogP contribution in [0.15, 0.2) is 6.07 Å². The Labute approximate surface area is 129 Å². The Morgan fingerprint density at radius 1 is 1.52 bits per heavy atom. The third kappa shape index (κ3) is 3.64. The van der Waals surface area contributed by atoms with Crippen molar-refractivity contribution >= 4 is 23.2 Å². The average Bonchev–Trinajstić information content (AvgIpc) is 2.86. The Kier molecular flexibility index (Phi) is 5.04. The molecule has 2 rings (SSSR count). The topological polar surface area (TPSA) is 66.4 Å². The smallest absolute Gasteiger partial charge is 0.326 e. The maximum atomic E-state index is 12.3. The van der Waals surface area contributed by atoms with Gasteiger partial charge < -0.3 is 10.4 Å². The van der Waals surface area contributed by atoms with Crippen LogP contribution in [0.1, 0.15) is 53.7 Å². The van der Waals surface area contributed by atoms with E-state index in [9.17, 15) is 14.7 Å². The van der Waals surface area contributed by atoms with E-state index in [1.54, 1.807) is 0 Å². The van der Waals surface area contributed by atoms with Gasteiger partial charge in [0.05, 0.1) is 4.88 Å². The second-order valence-corrected chi connectivity index (χ2v) is 7.22. The molecule has 1 heterocycles. The monoisotopic (exact) mass is 309 g/mol. The molecule has 4 nitrogen and oxygen atoms in total. The molecule has 0 saturated heterocycles. The van der Waals surface area contributed by atoms with Crippen LogP contribution in [0, 0.1) is 11.8 Å². The van der Waals surface area contributed by atoms with Gasteiger partial charge in [-0.15, -0.1) is 11.3 Å². The van der Waals surface area contributed by atoms with Gasteiger partial charge in [0.2, 0.25) is 0 Å². The van der Waals surface area contributed by atoms with Gasteiger partial charge in [0.1, 0.15) is 6.04 Å². The van der Waals surface area contributed by atoms with E-state index in [4.69, 9.17) is 0 Å². The fourth-order valence-electron chi connectivity index (χ4n) is 2.71. The Balaban J connectivity index is 2.11. The van der Waals surface area contributed by atoms with E-state index in [0.717, 1.165) is 19.3 Å². The first kappa shape index (κ1) is 16.0. The van der Waals surface area contributed by atoms with E-state index >= 15 is 0 Å². The SMILES string of the molecule is CCC(C)C(NC(=O)c1cc2c(s1)CCC(C)C2)C(=O)O. The number of aliphatic carboxylic acids is 1. The van der Waals surface area contributed by atoms with Gasteiger partial charge in [-0.05, 0) is 42.7 Å². The minimum absolute atomic E-state index is 0.0824. The number of rotatable bonds is 5. The van der Waals surface area contributed by atoms with Crippen molar-refractivity contribution in [2.45, 2.75) is 52.5 Å². The van der Waals surface area contributed by atoms with Crippen LogP contribution in [0.25, 0.3) is 0 Å². The number of thiophene rings is 1. The van der Waals surface area contributed by atoms with Crippen LogP contribution in [0.2, 0.25) is 0 Å². The highest BCUT2D eigenvalue weighted by molar-refractivity contribution is 7.14. The molecule has 0 fully saturated rings. The molecule has 0 saturated carbocycles. The summed E-state index contributed by atoms with van der Waals surface area (Å²) in [4.78, 5) is 25.5. The van der Waals surface area contributed by atoms with Crippen molar-refractivity contribution in [1.82, 2.24) is 5.32 Å². The van der Waals surface area contributed by atoms with Crippen molar-refractivity contribution in [2.24, 2.45) is 11.8 Å². The number of amides is 1. The summed E-state index contributed by atoms with van der Waals surface area (Å²) in [5.41, 5.74) is 1.26. The van der Waals surface area contributed by atoms with Crippen LogP contribution < -0.4 is 5.32 Å². The third-order valence-electron chi connectivity index (χ3n) is 4.32. The first-order valence-electron chi connectivity index (χ1n) is 7.57. The largest absolute Gasteiger partial charge is 0.480 e. The summed E-state index contributed by atoms with van der Waals surface area (Å²) in [5, 5.41) is 11.9. The normalized spacial score (nSPS) is 20.4. The molecule has 2 N–H and O–H groups in total. The second kappa shape index (κ2) is 6.60. The number of carbonyl (C=O) groups excluding carboxylic acids is 1. The molecular formula is C16H23NO3S. The van der Waals surface area contributed by atoms with Crippen molar-refractivity contribution in [3.63, 3.8) is 0 Å². The zero-order valence-electron chi connectivity index (χ0n) is 12.8. The summed E-state index contributed by atoms with van der Waals surface area (Å²) in [6.07, 6.45) is 3.93. The predicted molar refractivity (Wildman–Crippen MR) is 83.9 cm³/mol. The predicted octanol–water partition coefficient (Wildman–Crippen LogP) is 3.10. The third-order valence-corrected chi connectivity index (χ3v) is 5.55. The van der Waals surface area contributed by atoms with Crippen LogP contribution in [0.4, 0.5) is 0 Å². The molecule has 1 aliphatic carbocycles. The molecule has 21 heavy (non-hydrogen) atoms. The molecule has 5 heteroatoms. The van der Waals surface area contributed by atoms with Gasteiger partial charge >= 0.3 is 5.97 Å². The van der Waals surface area contributed by atoms with Crippen LogP contribution in [0.3, 0.4) is 0 Å². The van der Waals surface area contributed by atoms with Crippen LogP contribution in [-0.2, 0) is 17.6 Å². The van der Waals surface area contributed by atoms with Crippen molar-refractivity contribution < 1.29 is 14.7 Å². The zero-order valence-corrected chi connectivity index (χ0v) is 13.6. The number of carboxylic acids is 1. The molecule has 0 aliphatic heterocycles. The van der Waals surface area contributed by atoms with Crippen molar-refractivity contribution in [3.8, 4) is 0 Å². The number of hydrogen-bond acceptors (Lipinski definition) is 3. The maximum Gasteiger partial charge on any atom is 0.326 e. The van der Waals surface area contributed by atoms with E-state index in [2.05, 4.69) is 12.2 Å². The number of carbonyl (C=O) groups is 2. The lowest BCUT2D eigenvalue weighted by Gasteiger charge is -2.19. The van der Waals surface area contributed by atoms with Gasteiger partial charge in [0, 0.05) is 4.88 Å². The highest BCUT2D eigenvalue weighted by Crippen LogP contribution is 2.32. The Bertz CT molecular complexity index is 538. The van der Waals surface area contributed by atoms with Crippen LogP contribution in [-0.4, -0.2) is 23.0 Å². The lowest BCUT2D eigenvalue weighted by molar-refractivity contribution is -0.140. The van der Waals surface area contributed by atoms with E-state index in [-0.39, 0.29) is 11.8 Å². The van der Waals surface area contributed by atoms with Crippen molar-refractivity contribution in [1.29, 1.82) is 0 Å². The van der Waals surface area contributed by atoms with E-state index < -0.39 is 12.0 Å².